The predicted octanol–water partition coefficient (Wildman–Crippen LogP) is 0.236. The topological polar surface area (TPSA) is 140 Å². The van der Waals surface area contributed by atoms with Gasteiger partial charge in [-0.25, -0.2) is 4.98 Å². The minimum absolute atomic E-state index is 0.340. The Morgan fingerprint density at radius 1 is 1.31 bits per heavy atom. The molecule has 0 amide bonds. The molecule has 1 rings (SSSR count). The van der Waals surface area contributed by atoms with Crippen molar-refractivity contribution in [2.45, 2.75) is 5.40 Å². The fourth-order valence-corrected chi connectivity index (χ4v) is 3.69. The summed E-state index contributed by atoms with van der Waals surface area (Å²) in [6.07, 6.45) is 1.46. The molecule has 0 saturated heterocycles. The molecule has 0 fully saturated rings. The summed E-state index contributed by atoms with van der Waals surface area (Å²) in [5, 5.41) is 2.37. The van der Waals surface area contributed by atoms with Gasteiger partial charge in [-0.2, -0.15) is 0 Å². The second kappa shape index (κ2) is 4.93. The summed E-state index contributed by atoms with van der Waals surface area (Å²) in [5.74, 6) is 0. The first-order valence-electron chi connectivity index (χ1n) is 3.95. The lowest BCUT2D eigenvalue weighted by atomic mass is 10.7. The van der Waals surface area contributed by atoms with Gasteiger partial charge in [-0.1, -0.05) is 0 Å². The van der Waals surface area contributed by atoms with Crippen molar-refractivity contribution in [2.24, 2.45) is 0 Å². The van der Waals surface area contributed by atoms with Crippen molar-refractivity contribution in [1.29, 1.82) is 0 Å². The number of anilines is 1. The molecule has 0 spiro atoms. The van der Waals surface area contributed by atoms with Crippen LogP contribution in [0.15, 0.2) is 11.6 Å². The Balaban J connectivity index is 2.74. The first-order chi connectivity index (χ1) is 7.21. The van der Waals surface area contributed by atoms with Gasteiger partial charge >= 0.3 is 15.2 Å². The Morgan fingerprint density at radius 2 is 1.88 bits per heavy atom. The van der Waals surface area contributed by atoms with Gasteiger partial charge in [-0.15, -0.1) is 11.3 Å². The molecule has 92 valence electrons. The Labute approximate surface area is 94.7 Å². The zero-order valence-electron chi connectivity index (χ0n) is 7.79. The summed E-state index contributed by atoms with van der Waals surface area (Å²) in [7, 11) is -9.73. The molecule has 0 aliphatic carbocycles. The number of nitrogens with zero attached hydrogens (tertiary/aromatic N) is 1. The van der Waals surface area contributed by atoms with Crippen molar-refractivity contribution < 1.29 is 28.7 Å². The lowest BCUT2D eigenvalue weighted by molar-refractivity contribution is 0.340. The average molecular weight is 288 g/mol. The fourth-order valence-electron chi connectivity index (χ4n) is 0.923. The second-order valence-corrected chi connectivity index (χ2v) is 7.78. The highest BCUT2D eigenvalue weighted by atomic mass is 32.1. The molecule has 8 nitrogen and oxygen atoms in total. The molecule has 0 saturated carbocycles. The second-order valence-electron chi connectivity index (χ2n) is 2.88. The normalized spacial score (nSPS) is 13.1. The first kappa shape index (κ1) is 13.8. The molecule has 11 heteroatoms. The first-order valence-corrected chi connectivity index (χ1v) is 8.19. The van der Waals surface area contributed by atoms with Crippen LogP contribution in [0.5, 0.6) is 0 Å². The lowest BCUT2D eigenvalue weighted by Crippen LogP contribution is -2.20. The van der Waals surface area contributed by atoms with Crippen molar-refractivity contribution in [3.05, 3.63) is 11.6 Å². The SMILES string of the molecule is O=P(O)(O)C(CNc1nccs1)P(=O)(O)O. The fraction of sp³-hybridized carbons (Fsp3) is 0.400. The van der Waals surface area contributed by atoms with Crippen molar-refractivity contribution in [3.8, 4) is 0 Å². The van der Waals surface area contributed by atoms with E-state index in [1.54, 1.807) is 5.38 Å². The van der Waals surface area contributed by atoms with E-state index in [1.807, 2.05) is 0 Å². The van der Waals surface area contributed by atoms with Gasteiger partial charge in [0.05, 0.1) is 0 Å². The van der Waals surface area contributed by atoms with Crippen LogP contribution in [0.1, 0.15) is 0 Å². The molecule has 0 radical (unpaired) electrons. The van der Waals surface area contributed by atoms with E-state index in [4.69, 9.17) is 19.6 Å². The minimum atomic E-state index is -4.86. The quantitative estimate of drug-likeness (QED) is 0.485. The summed E-state index contributed by atoms with van der Waals surface area (Å²) in [5.41, 5.74) is 0. The molecule has 0 aliphatic heterocycles. The van der Waals surface area contributed by atoms with Gasteiger partial charge in [0.15, 0.2) is 10.5 Å². The third-order valence-corrected chi connectivity index (χ3v) is 6.10. The Bertz CT molecular complexity index is 402. The molecule has 5 N–H and O–H groups in total. The summed E-state index contributed by atoms with van der Waals surface area (Å²) in [4.78, 5) is 39.0. The lowest BCUT2D eigenvalue weighted by Gasteiger charge is -2.19. The van der Waals surface area contributed by atoms with E-state index in [1.165, 1.54) is 6.20 Å². The highest BCUT2D eigenvalue weighted by Gasteiger charge is 2.43. The van der Waals surface area contributed by atoms with Crippen LogP contribution in [0.4, 0.5) is 5.13 Å². The van der Waals surface area contributed by atoms with Gasteiger partial charge in [-0.3, -0.25) is 9.13 Å². The molecule has 0 atom stereocenters. The molecule has 0 aliphatic rings. The van der Waals surface area contributed by atoms with Crippen LogP contribution in [-0.2, 0) is 9.13 Å². The highest BCUT2D eigenvalue weighted by molar-refractivity contribution is 7.70. The van der Waals surface area contributed by atoms with E-state index < -0.39 is 27.1 Å². The van der Waals surface area contributed by atoms with Crippen LogP contribution in [0, 0.1) is 0 Å². The maximum Gasteiger partial charge on any atom is 0.342 e. The monoisotopic (exact) mass is 288 g/mol. The van der Waals surface area contributed by atoms with Crippen molar-refractivity contribution in [1.82, 2.24) is 4.98 Å². The molecule has 1 heterocycles. The summed E-state index contributed by atoms with van der Waals surface area (Å²) >= 11 is 1.16. The van der Waals surface area contributed by atoms with E-state index in [0.29, 0.717) is 5.13 Å². The van der Waals surface area contributed by atoms with Crippen molar-refractivity contribution >= 4 is 31.7 Å². The average Bonchev–Trinajstić information content (AvgIpc) is 2.51. The summed E-state index contributed by atoms with van der Waals surface area (Å²) in [6.45, 7) is -0.540. The molecule has 16 heavy (non-hydrogen) atoms. The van der Waals surface area contributed by atoms with Crippen LogP contribution >= 0.6 is 26.5 Å². The van der Waals surface area contributed by atoms with E-state index in [2.05, 4.69) is 10.3 Å². The molecule has 1 aromatic rings. The van der Waals surface area contributed by atoms with Crippen LogP contribution in [0.2, 0.25) is 0 Å². The third kappa shape index (κ3) is 3.95. The van der Waals surface area contributed by atoms with E-state index in [9.17, 15) is 9.13 Å². The summed E-state index contributed by atoms with van der Waals surface area (Å²) in [6, 6.07) is 0. The number of hydrogen-bond acceptors (Lipinski definition) is 5. The van der Waals surface area contributed by atoms with Gasteiger partial charge in [0, 0.05) is 18.1 Å². The van der Waals surface area contributed by atoms with E-state index >= 15 is 0 Å². The standard InChI is InChI=1S/C5H10N2O6P2S/c8-14(9,10)4(15(11,12)13)3-7-5-6-1-2-16-5/h1-2,4H,3H2,(H,6,7)(H2,8,9,10)(H2,11,12,13). The Hall–Kier alpha value is -0.270. The van der Waals surface area contributed by atoms with Crippen molar-refractivity contribution in [3.63, 3.8) is 0 Å². The van der Waals surface area contributed by atoms with Crippen LogP contribution in [0.25, 0.3) is 0 Å². The maximum atomic E-state index is 10.9. The zero-order chi connectivity index (χ0) is 12.4. The van der Waals surface area contributed by atoms with Gasteiger partial charge in [0.2, 0.25) is 0 Å². The highest BCUT2D eigenvalue weighted by Crippen LogP contribution is 2.59. The third-order valence-electron chi connectivity index (χ3n) is 1.64. The molecule has 0 aromatic carbocycles. The number of nitrogens with one attached hydrogen (secondary N) is 1. The molecule has 0 bridgehead atoms. The number of aromatic nitrogens is 1. The van der Waals surface area contributed by atoms with Crippen LogP contribution in [0.3, 0.4) is 0 Å². The number of rotatable bonds is 5. The Kier molecular flexibility index (Phi) is 4.25. The van der Waals surface area contributed by atoms with Gasteiger partial charge in [0.1, 0.15) is 0 Å². The molecular formula is C5H10N2O6P2S. The van der Waals surface area contributed by atoms with Crippen LogP contribution in [-0.4, -0.2) is 36.5 Å². The van der Waals surface area contributed by atoms with Gasteiger partial charge in [0.25, 0.3) is 0 Å². The number of thiazole rings is 1. The zero-order valence-corrected chi connectivity index (χ0v) is 10.4. The molecule has 0 unspecified atom stereocenters. The minimum Gasteiger partial charge on any atom is -0.360 e. The smallest absolute Gasteiger partial charge is 0.342 e. The summed E-state index contributed by atoms with van der Waals surface area (Å²) < 4.78 is 21.8. The predicted molar refractivity (Wildman–Crippen MR) is 58.5 cm³/mol. The van der Waals surface area contributed by atoms with Gasteiger partial charge < -0.3 is 24.9 Å². The van der Waals surface area contributed by atoms with Crippen LogP contribution < -0.4 is 5.32 Å². The number of hydrogen-bond donors (Lipinski definition) is 5. The molecular weight excluding hydrogens is 278 g/mol. The largest absolute Gasteiger partial charge is 0.360 e. The van der Waals surface area contributed by atoms with E-state index in [-0.39, 0.29) is 0 Å². The van der Waals surface area contributed by atoms with Crippen molar-refractivity contribution in [2.75, 3.05) is 11.9 Å². The van der Waals surface area contributed by atoms with Gasteiger partial charge in [-0.05, 0) is 0 Å². The Morgan fingerprint density at radius 3 is 2.25 bits per heavy atom. The maximum absolute atomic E-state index is 10.9. The van der Waals surface area contributed by atoms with E-state index in [0.717, 1.165) is 11.3 Å². The molecule has 1 aromatic heterocycles.